The average molecular weight is 533 g/mol. The van der Waals surface area contributed by atoms with Gasteiger partial charge in [-0.15, -0.1) is 0 Å². The Morgan fingerprint density at radius 1 is 0.405 bits per heavy atom. The monoisotopic (exact) mass is 532 g/mol. The van der Waals surface area contributed by atoms with Crippen LogP contribution < -0.4 is 0 Å². The van der Waals surface area contributed by atoms with Gasteiger partial charge in [-0.2, -0.15) is 0 Å². The highest BCUT2D eigenvalue weighted by Crippen LogP contribution is 2.35. The third-order valence-electron chi connectivity index (χ3n) is 8.13. The maximum atomic E-state index is 3.43. The van der Waals surface area contributed by atoms with E-state index in [0.29, 0.717) is 0 Å². The van der Waals surface area contributed by atoms with Crippen molar-refractivity contribution < 1.29 is 0 Å². The molecule has 0 nitrogen and oxygen atoms in total. The van der Waals surface area contributed by atoms with Crippen LogP contribution in [0.3, 0.4) is 0 Å². The van der Waals surface area contributed by atoms with Gasteiger partial charge < -0.3 is 0 Å². The summed E-state index contributed by atoms with van der Waals surface area (Å²) in [5, 5.41) is 13.6. The third-order valence-corrected chi connectivity index (χ3v) is 8.13. The van der Waals surface area contributed by atoms with E-state index in [1.807, 2.05) is 0 Å². The lowest BCUT2D eigenvalue weighted by Crippen LogP contribution is -1.91. The Morgan fingerprint density at radius 3 is 0.952 bits per heavy atom. The largest absolute Gasteiger partial charge is 0.0651 e. The van der Waals surface area contributed by atoms with Crippen molar-refractivity contribution in [2.45, 2.75) is 39.5 Å². The minimum absolute atomic E-state index is 0.946. The predicted octanol–water partition coefficient (Wildman–Crippen LogP) is 10.6. The lowest BCUT2D eigenvalue weighted by molar-refractivity contribution is 0.937. The van der Waals surface area contributed by atoms with E-state index in [4.69, 9.17) is 0 Å². The van der Waals surface area contributed by atoms with E-state index in [0.717, 1.165) is 47.2 Å². The molecule has 7 rings (SSSR count). The van der Waals surface area contributed by atoms with Crippen LogP contribution in [0.25, 0.3) is 64.6 Å². The zero-order valence-electron chi connectivity index (χ0n) is 23.9. The molecule has 7 aromatic rings. The predicted molar refractivity (Wildman–Crippen MR) is 177 cm³/mol. The van der Waals surface area contributed by atoms with Crippen molar-refractivity contribution in [2.24, 2.45) is 0 Å². The van der Waals surface area contributed by atoms with E-state index in [9.17, 15) is 0 Å². The van der Waals surface area contributed by atoms with Crippen molar-refractivity contribution >= 4 is 64.6 Å². The zero-order valence-corrected chi connectivity index (χ0v) is 23.9. The molecule has 0 aliphatic heterocycles. The Morgan fingerprint density at radius 2 is 0.690 bits per heavy atom. The van der Waals surface area contributed by atoms with E-state index in [1.165, 1.54) is 54.2 Å². The van der Waals surface area contributed by atoms with Gasteiger partial charge in [0, 0.05) is 43.1 Å². The van der Waals surface area contributed by atoms with E-state index < -0.39 is 0 Å². The molecule has 4 bridgehead atoms. The second-order valence-corrected chi connectivity index (χ2v) is 10.8. The van der Waals surface area contributed by atoms with Gasteiger partial charge >= 0.3 is 0 Å². The van der Waals surface area contributed by atoms with Crippen molar-refractivity contribution in [3.05, 3.63) is 145 Å². The summed E-state index contributed by atoms with van der Waals surface area (Å²) in [7, 11) is 0. The minimum Gasteiger partial charge on any atom is -0.0651 e. The van der Waals surface area contributed by atoms with Crippen molar-refractivity contribution in [3.8, 4) is 0 Å². The molecule has 0 saturated carbocycles. The minimum atomic E-state index is 0.946. The molecular formula is C42H28. The first kappa shape index (κ1) is 25.6. The van der Waals surface area contributed by atoms with Gasteiger partial charge in [0.05, 0.1) is 0 Å². The van der Waals surface area contributed by atoms with Crippen LogP contribution in [0, 0.1) is 48.5 Å². The molecule has 0 fully saturated rings. The summed E-state index contributed by atoms with van der Waals surface area (Å²) >= 11 is 0. The number of hydrogen-bond donors (Lipinski definition) is 0. The molecule has 0 aliphatic rings. The fourth-order valence-electron chi connectivity index (χ4n) is 6.51. The first-order valence-corrected chi connectivity index (χ1v) is 14.8. The highest BCUT2D eigenvalue weighted by molar-refractivity contribution is 6.14. The van der Waals surface area contributed by atoms with Crippen LogP contribution >= 0.6 is 0 Å². The number of hydrogen-bond acceptors (Lipinski definition) is 0. The SMILES string of the molecule is CCCc1c2c3c#cc#cc4cccc5cc6cccc(c#cc#cc7cccc(cc2ccc3)c17)c6c(CCC)c45. The van der Waals surface area contributed by atoms with Gasteiger partial charge in [0.25, 0.3) is 0 Å². The van der Waals surface area contributed by atoms with Gasteiger partial charge in [-0.05, 0) is 106 Å². The smallest absolute Gasteiger partial charge is 0.0337 e. The van der Waals surface area contributed by atoms with Crippen molar-refractivity contribution in [1.82, 2.24) is 0 Å². The average Bonchev–Trinajstić information content (AvgIpc) is 3.00. The van der Waals surface area contributed by atoms with Gasteiger partial charge in [-0.3, -0.25) is 0 Å². The van der Waals surface area contributed by atoms with Crippen molar-refractivity contribution in [2.75, 3.05) is 0 Å². The maximum absolute atomic E-state index is 3.43. The fraction of sp³-hybridized carbons (Fsp3) is 0.143. The molecule has 7 aromatic carbocycles. The standard InChI is InChI=1S/C42H28/c1-3-13-37-39-29-15-5-7-17-31-21-11-25-35-28-36-26-12-22-32(42(36)38(14-4-2)41(31)35)18-8-6-16-30-20-10-24-34(40(30)37)27-33(39)23-9-19-29/h9-12,19-28H,3-4,13-14H2,1-2H3. The lowest BCUT2D eigenvalue weighted by Gasteiger charge is -2.12. The second-order valence-electron chi connectivity index (χ2n) is 10.8. The number of rotatable bonds is 4. The Labute approximate surface area is 248 Å². The summed E-state index contributed by atoms with van der Waals surface area (Å²) in [5.41, 5.74) is 2.60. The van der Waals surface area contributed by atoms with Crippen LogP contribution in [0.1, 0.15) is 37.8 Å². The van der Waals surface area contributed by atoms with Crippen molar-refractivity contribution in [3.63, 3.8) is 0 Å². The summed E-state index contributed by atoms with van der Waals surface area (Å²) < 4.78 is 0. The van der Waals surface area contributed by atoms with Crippen LogP contribution in [0.4, 0.5) is 0 Å². The molecule has 0 heteroatoms. The summed E-state index contributed by atoms with van der Waals surface area (Å²) in [4.78, 5) is 0. The van der Waals surface area contributed by atoms with Crippen LogP contribution in [-0.2, 0) is 12.8 Å². The second kappa shape index (κ2) is 10.9. The van der Waals surface area contributed by atoms with Gasteiger partial charge in [0.2, 0.25) is 0 Å². The van der Waals surface area contributed by atoms with Gasteiger partial charge in [0.15, 0.2) is 0 Å². The molecule has 0 saturated heterocycles. The first-order valence-electron chi connectivity index (χ1n) is 14.8. The van der Waals surface area contributed by atoms with E-state index >= 15 is 0 Å². The first-order chi connectivity index (χ1) is 20.8. The Kier molecular flexibility index (Phi) is 6.62. The molecule has 0 aromatic heterocycles. The van der Waals surface area contributed by atoms with Crippen LogP contribution in [0.15, 0.2) is 84.9 Å². The summed E-state index contributed by atoms with van der Waals surface area (Å²) in [6.07, 6.45) is 3.95. The van der Waals surface area contributed by atoms with Gasteiger partial charge in [0.1, 0.15) is 0 Å². The van der Waals surface area contributed by atoms with Crippen LogP contribution in [0.2, 0.25) is 0 Å². The molecular weight excluding hydrogens is 504 g/mol. The Bertz CT molecular complexity index is 1910. The highest BCUT2D eigenvalue weighted by Gasteiger charge is 2.12. The van der Waals surface area contributed by atoms with Crippen LogP contribution in [0.5, 0.6) is 0 Å². The summed E-state index contributed by atoms with van der Waals surface area (Å²) in [6.45, 7) is 4.46. The summed E-state index contributed by atoms with van der Waals surface area (Å²) in [6, 6.07) is 56.7. The molecule has 0 amide bonds. The quantitative estimate of drug-likeness (QED) is 0.198. The maximum Gasteiger partial charge on any atom is 0.0337 e. The molecule has 0 spiro atoms. The van der Waals surface area contributed by atoms with E-state index in [1.54, 1.807) is 0 Å². The molecule has 196 valence electrons. The topological polar surface area (TPSA) is 0 Å². The lowest BCUT2D eigenvalue weighted by atomic mass is 9.91. The Hall–Kier alpha value is -5.40. The third kappa shape index (κ3) is 4.36. The zero-order chi connectivity index (χ0) is 28.5. The van der Waals surface area contributed by atoms with E-state index in [2.05, 4.69) is 147 Å². The molecule has 0 aliphatic carbocycles. The van der Waals surface area contributed by atoms with Gasteiger partial charge in [-0.1, -0.05) is 99.5 Å². The molecule has 0 atom stereocenters. The normalized spacial score (nSPS) is 10.7. The van der Waals surface area contributed by atoms with Gasteiger partial charge in [-0.25, -0.2) is 0 Å². The molecule has 42 heavy (non-hydrogen) atoms. The molecule has 0 N–H and O–H groups in total. The summed E-state index contributed by atoms with van der Waals surface area (Å²) in [5.74, 6) is 0. The fourth-order valence-corrected chi connectivity index (χ4v) is 6.51. The number of aryl methyl sites for hydroxylation is 2. The Balaban J connectivity index is 1.67. The van der Waals surface area contributed by atoms with Crippen molar-refractivity contribution in [1.29, 1.82) is 0 Å². The highest BCUT2D eigenvalue weighted by atomic mass is 14.1. The number of benzene rings is 6. The molecule has 0 heterocycles. The van der Waals surface area contributed by atoms with Crippen LogP contribution in [-0.4, -0.2) is 0 Å². The van der Waals surface area contributed by atoms with E-state index in [-0.39, 0.29) is 0 Å². The molecule has 0 radical (unpaired) electrons. The molecule has 0 unspecified atom stereocenters.